The summed E-state index contributed by atoms with van der Waals surface area (Å²) in [7, 11) is 0. The van der Waals surface area contributed by atoms with Gasteiger partial charge in [0.2, 0.25) is 5.91 Å². The van der Waals surface area contributed by atoms with Gasteiger partial charge in [0.15, 0.2) is 0 Å². The standard InChI is InChI=1S/C21H23N5O2/c1-2-16-6-3-7-17(14-16)24-19(27)15-25-10-5-11-26(13-12-25)21-18(20(22)28)8-4-9-23-21/h1,3-4,6-9,14H,5,10-13,15H2,(H2,22,28)(H,24,27). The first-order valence-electron chi connectivity index (χ1n) is 9.15. The van der Waals surface area contributed by atoms with Crippen LogP contribution in [0.1, 0.15) is 22.3 Å². The normalized spacial score (nSPS) is 14.8. The first kappa shape index (κ1) is 19.4. The highest BCUT2D eigenvalue weighted by Crippen LogP contribution is 2.18. The van der Waals surface area contributed by atoms with Gasteiger partial charge in [-0.1, -0.05) is 12.0 Å². The van der Waals surface area contributed by atoms with Crippen molar-refractivity contribution >= 4 is 23.3 Å². The van der Waals surface area contributed by atoms with Gasteiger partial charge in [0.1, 0.15) is 5.82 Å². The van der Waals surface area contributed by atoms with E-state index in [9.17, 15) is 9.59 Å². The van der Waals surface area contributed by atoms with Crippen LogP contribution in [0.25, 0.3) is 0 Å². The lowest BCUT2D eigenvalue weighted by Crippen LogP contribution is -2.37. The molecule has 0 unspecified atom stereocenters. The molecule has 0 saturated carbocycles. The van der Waals surface area contributed by atoms with Crippen LogP contribution >= 0.6 is 0 Å². The first-order valence-corrected chi connectivity index (χ1v) is 9.15. The monoisotopic (exact) mass is 377 g/mol. The highest BCUT2D eigenvalue weighted by atomic mass is 16.2. The van der Waals surface area contributed by atoms with E-state index < -0.39 is 5.91 Å². The topological polar surface area (TPSA) is 91.6 Å². The van der Waals surface area contributed by atoms with Gasteiger partial charge in [-0.15, -0.1) is 6.42 Å². The number of anilines is 2. The van der Waals surface area contributed by atoms with E-state index in [1.807, 2.05) is 23.1 Å². The quantitative estimate of drug-likeness (QED) is 0.767. The summed E-state index contributed by atoms with van der Waals surface area (Å²) in [6.45, 7) is 3.18. The number of aromatic nitrogens is 1. The molecule has 0 bridgehead atoms. The second-order valence-electron chi connectivity index (χ2n) is 6.63. The Labute approximate surface area is 164 Å². The lowest BCUT2D eigenvalue weighted by Gasteiger charge is -2.23. The van der Waals surface area contributed by atoms with Crippen LogP contribution < -0.4 is 16.0 Å². The summed E-state index contributed by atoms with van der Waals surface area (Å²) in [5.74, 6) is 2.59. The minimum atomic E-state index is -0.488. The molecule has 3 N–H and O–H groups in total. The van der Waals surface area contributed by atoms with Crippen molar-refractivity contribution in [2.75, 3.05) is 42.9 Å². The molecule has 3 rings (SSSR count). The summed E-state index contributed by atoms with van der Waals surface area (Å²) in [5, 5.41) is 2.89. The number of terminal acetylenes is 1. The molecule has 28 heavy (non-hydrogen) atoms. The van der Waals surface area contributed by atoms with Gasteiger partial charge < -0.3 is 16.0 Å². The summed E-state index contributed by atoms with van der Waals surface area (Å²) in [5.41, 5.74) is 7.30. The number of amides is 2. The van der Waals surface area contributed by atoms with Crippen LogP contribution in [-0.2, 0) is 4.79 Å². The molecule has 2 heterocycles. The fourth-order valence-electron chi connectivity index (χ4n) is 3.27. The van der Waals surface area contributed by atoms with E-state index >= 15 is 0 Å². The number of carbonyl (C=O) groups is 2. The van der Waals surface area contributed by atoms with Crippen molar-refractivity contribution in [2.24, 2.45) is 5.73 Å². The molecule has 0 aliphatic carbocycles. The van der Waals surface area contributed by atoms with Gasteiger partial charge in [-0.25, -0.2) is 4.98 Å². The molecule has 7 nitrogen and oxygen atoms in total. The molecule has 1 aromatic carbocycles. The van der Waals surface area contributed by atoms with Crippen molar-refractivity contribution in [3.63, 3.8) is 0 Å². The van der Waals surface area contributed by atoms with Crippen molar-refractivity contribution in [3.05, 3.63) is 53.7 Å². The minimum Gasteiger partial charge on any atom is -0.365 e. The van der Waals surface area contributed by atoms with E-state index in [4.69, 9.17) is 12.2 Å². The van der Waals surface area contributed by atoms with Crippen molar-refractivity contribution < 1.29 is 9.59 Å². The third-order valence-corrected chi connectivity index (χ3v) is 4.62. The third-order valence-electron chi connectivity index (χ3n) is 4.62. The number of carbonyl (C=O) groups excluding carboxylic acids is 2. The predicted octanol–water partition coefficient (Wildman–Crippen LogP) is 1.31. The lowest BCUT2D eigenvalue weighted by atomic mass is 10.2. The van der Waals surface area contributed by atoms with Crippen LogP contribution in [0.4, 0.5) is 11.5 Å². The average molecular weight is 377 g/mol. The van der Waals surface area contributed by atoms with Crippen LogP contribution in [0.15, 0.2) is 42.6 Å². The van der Waals surface area contributed by atoms with Crippen LogP contribution in [0.3, 0.4) is 0 Å². The first-order chi connectivity index (χ1) is 13.6. The number of nitrogens with zero attached hydrogens (tertiary/aromatic N) is 3. The summed E-state index contributed by atoms with van der Waals surface area (Å²) in [6, 6.07) is 10.6. The second kappa shape index (κ2) is 9.02. The number of benzene rings is 1. The van der Waals surface area contributed by atoms with Crippen LogP contribution in [0.5, 0.6) is 0 Å². The fourth-order valence-corrected chi connectivity index (χ4v) is 3.27. The van der Waals surface area contributed by atoms with Crippen molar-refractivity contribution in [2.45, 2.75) is 6.42 Å². The molecular weight excluding hydrogens is 354 g/mol. The molecule has 1 fully saturated rings. The molecular formula is C21H23N5O2. The fraction of sp³-hybridized carbons (Fsp3) is 0.286. The number of nitrogens with one attached hydrogen (secondary N) is 1. The number of primary amides is 1. The Morgan fingerprint density at radius 1 is 1.18 bits per heavy atom. The maximum atomic E-state index is 12.4. The van der Waals surface area contributed by atoms with Crippen molar-refractivity contribution in [3.8, 4) is 12.3 Å². The summed E-state index contributed by atoms with van der Waals surface area (Å²) >= 11 is 0. The van der Waals surface area contributed by atoms with Gasteiger partial charge in [-0.05, 0) is 36.8 Å². The summed E-state index contributed by atoms with van der Waals surface area (Å²) in [6.07, 6.45) is 7.91. The third kappa shape index (κ3) is 4.87. The van der Waals surface area contributed by atoms with E-state index in [1.165, 1.54) is 0 Å². The van der Waals surface area contributed by atoms with Gasteiger partial charge in [-0.3, -0.25) is 14.5 Å². The van der Waals surface area contributed by atoms with Crippen molar-refractivity contribution in [1.82, 2.24) is 9.88 Å². The predicted molar refractivity (Wildman–Crippen MR) is 109 cm³/mol. The van der Waals surface area contributed by atoms with E-state index in [0.717, 1.165) is 25.1 Å². The molecule has 144 valence electrons. The minimum absolute atomic E-state index is 0.0849. The van der Waals surface area contributed by atoms with E-state index in [-0.39, 0.29) is 5.91 Å². The Balaban J connectivity index is 1.59. The summed E-state index contributed by atoms with van der Waals surface area (Å²) < 4.78 is 0. The molecule has 1 aromatic heterocycles. The molecule has 2 amide bonds. The smallest absolute Gasteiger partial charge is 0.252 e. The zero-order chi connectivity index (χ0) is 19.9. The van der Waals surface area contributed by atoms with E-state index in [1.54, 1.807) is 24.4 Å². The van der Waals surface area contributed by atoms with Crippen LogP contribution in [0, 0.1) is 12.3 Å². The van der Waals surface area contributed by atoms with Gasteiger partial charge in [0.05, 0.1) is 12.1 Å². The lowest BCUT2D eigenvalue weighted by molar-refractivity contribution is -0.117. The largest absolute Gasteiger partial charge is 0.365 e. The van der Waals surface area contributed by atoms with Gasteiger partial charge >= 0.3 is 0 Å². The zero-order valence-corrected chi connectivity index (χ0v) is 15.6. The van der Waals surface area contributed by atoms with Gasteiger partial charge in [0, 0.05) is 43.6 Å². The number of pyridine rings is 1. The average Bonchev–Trinajstić information content (AvgIpc) is 2.93. The molecule has 0 radical (unpaired) electrons. The number of hydrogen-bond donors (Lipinski definition) is 2. The Bertz CT molecular complexity index is 906. The second-order valence-corrected chi connectivity index (χ2v) is 6.63. The van der Waals surface area contributed by atoms with E-state index in [2.05, 4.69) is 21.1 Å². The number of nitrogens with two attached hydrogens (primary N) is 1. The summed E-state index contributed by atoms with van der Waals surface area (Å²) in [4.78, 5) is 32.5. The Morgan fingerprint density at radius 2 is 2.04 bits per heavy atom. The van der Waals surface area contributed by atoms with Gasteiger partial charge in [-0.2, -0.15) is 0 Å². The maximum Gasteiger partial charge on any atom is 0.252 e. The molecule has 0 atom stereocenters. The molecule has 1 saturated heterocycles. The SMILES string of the molecule is C#Cc1cccc(NC(=O)CN2CCCN(c3ncccc3C(N)=O)CC2)c1. The molecule has 1 aliphatic rings. The highest BCUT2D eigenvalue weighted by molar-refractivity contribution is 5.97. The Hall–Kier alpha value is -3.37. The molecule has 0 spiro atoms. The van der Waals surface area contributed by atoms with E-state index in [0.29, 0.717) is 36.7 Å². The molecule has 1 aliphatic heterocycles. The number of rotatable bonds is 5. The Morgan fingerprint density at radius 3 is 2.82 bits per heavy atom. The van der Waals surface area contributed by atoms with Crippen LogP contribution in [-0.4, -0.2) is 54.4 Å². The van der Waals surface area contributed by atoms with Crippen LogP contribution in [0.2, 0.25) is 0 Å². The highest BCUT2D eigenvalue weighted by Gasteiger charge is 2.21. The molecule has 2 aromatic rings. The number of hydrogen-bond acceptors (Lipinski definition) is 5. The Kier molecular flexibility index (Phi) is 6.25. The maximum absolute atomic E-state index is 12.4. The van der Waals surface area contributed by atoms with Crippen molar-refractivity contribution in [1.29, 1.82) is 0 Å². The zero-order valence-electron chi connectivity index (χ0n) is 15.6. The molecule has 7 heteroatoms. The van der Waals surface area contributed by atoms with Gasteiger partial charge in [0.25, 0.3) is 5.91 Å².